The van der Waals surface area contributed by atoms with Gasteiger partial charge in [-0.25, -0.2) is 0 Å². The number of carboxylic acid groups (broad SMARTS) is 1. The highest BCUT2D eigenvalue weighted by Gasteiger charge is 2.18. The minimum Gasteiger partial charge on any atom is -0.507 e. The number of benzene rings is 1. The summed E-state index contributed by atoms with van der Waals surface area (Å²) in [6.07, 6.45) is 2.06. The predicted molar refractivity (Wildman–Crippen MR) is 64.2 cm³/mol. The summed E-state index contributed by atoms with van der Waals surface area (Å²) in [6, 6.07) is 4.52. The number of fused-ring (bicyclic) bond motifs is 1. The lowest BCUT2D eigenvalue weighted by Crippen LogP contribution is -2.35. The van der Waals surface area contributed by atoms with Gasteiger partial charge in [-0.15, -0.1) is 0 Å². The molecule has 5 nitrogen and oxygen atoms in total. The van der Waals surface area contributed by atoms with Crippen LogP contribution in [0.3, 0.4) is 0 Å². The highest BCUT2D eigenvalue weighted by Crippen LogP contribution is 2.28. The quantitative estimate of drug-likeness (QED) is 0.638. The van der Waals surface area contributed by atoms with E-state index >= 15 is 0 Å². The number of phenolic OH excluding ortho intramolecular Hbond substituents is 1. The van der Waals surface area contributed by atoms with Crippen molar-refractivity contribution in [3.8, 4) is 5.75 Å². The van der Waals surface area contributed by atoms with Crippen molar-refractivity contribution in [2.75, 3.05) is 7.05 Å². The number of H-pyrrole nitrogens is 1. The van der Waals surface area contributed by atoms with E-state index in [9.17, 15) is 9.90 Å². The molecule has 0 aliphatic rings. The molecule has 1 atom stereocenters. The number of aliphatic carboxylic acids is 1. The second kappa shape index (κ2) is 4.47. The van der Waals surface area contributed by atoms with Crippen molar-refractivity contribution in [1.82, 2.24) is 10.3 Å². The van der Waals surface area contributed by atoms with E-state index in [2.05, 4.69) is 10.3 Å². The van der Waals surface area contributed by atoms with Gasteiger partial charge >= 0.3 is 5.97 Å². The van der Waals surface area contributed by atoms with Crippen molar-refractivity contribution in [3.05, 3.63) is 30.0 Å². The average Bonchev–Trinajstić information content (AvgIpc) is 2.70. The van der Waals surface area contributed by atoms with E-state index < -0.39 is 12.0 Å². The summed E-state index contributed by atoms with van der Waals surface area (Å²) in [4.78, 5) is 14.0. The highest BCUT2D eigenvalue weighted by molar-refractivity contribution is 5.89. The summed E-state index contributed by atoms with van der Waals surface area (Å²) < 4.78 is 0. The Kier molecular flexibility index (Phi) is 3.01. The Balaban J connectivity index is 2.39. The number of rotatable bonds is 4. The van der Waals surface area contributed by atoms with E-state index in [4.69, 9.17) is 5.11 Å². The first kappa shape index (κ1) is 11.5. The van der Waals surface area contributed by atoms with E-state index in [0.29, 0.717) is 11.8 Å². The summed E-state index contributed by atoms with van der Waals surface area (Å²) in [5.41, 5.74) is 1.60. The maximum Gasteiger partial charge on any atom is 0.321 e. The van der Waals surface area contributed by atoms with E-state index in [-0.39, 0.29) is 5.75 Å². The molecule has 0 saturated carbocycles. The summed E-state index contributed by atoms with van der Waals surface area (Å²) in [6.45, 7) is 0. The Labute approximate surface area is 98.1 Å². The number of phenols is 1. The molecule has 0 saturated heterocycles. The van der Waals surface area contributed by atoms with Gasteiger partial charge in [-0.2, -0.15) is 0 Å². The molecule has 4 N–H and O–H groups in total. The summed E-state index contributed by atoms with van der Waals surface area (Å²) in [7, 11) is 1.60. The molecular weight excluding hydrogens is 220 g/mol. The lowest BCUT2D eigenvalue weighted by Gasteiger charge is -2.10. The molecule has 0 fully saturated rings. The fourth-order valence-corrected chi connectivity index (χ4v) is 1.93. The number of aromatic hydroxyl groups is 1. The molecule has 0 spiro atoms. The van der Waals surface area contributed by atoms with E-state index in [1.165, 1.54) is 0 Å². The standard InChI is InChI=1S/C12H14N2O3/c1-13-9(12(16)17)5-7-6-14-8-3-2-4-10(15)11(7)8/h2-4,6,9,13-15H,5H2,1H3,(H,16,17)/t9-/m0/s1. The van der Waals surface area contributed by atoms with Crippen LogP contribution in [0.2, 0.25) is 0 Å². The number of carbonyl (C=O) groups is 1. The third kappa shape index (κ3) is 2.09. The van der Waals surface area contributed by atoms with Crippen molar-refractivity contribution >= 4 is 16.9 Å². The number of aromatic nitrogens is 1. The van der Waals surface area contributed by atoms with Gasteiger partial charge in [0.25, 0.3) is 0 Å². The van der Waals surface area contributed by atoms with Gasteiger partial charge < -0.3 is 20.5 Å². The SMILES string of the molecule is CN[C@@H](Cc1c[nH]c2cccc(O)c12)C(=O)O. The van der Waals surface area contributed by atoms with Crippen LogP contribution >= 0.6 is 0 Å². The van der Waals surface area contributed by atoms with Crippen LogP contribution in [-0.2, 0) is 11.2 Å². The fraction of sp³-hybridized carbons (Fsp3) is 0.250. The molecule has 0 unspecified atom stereocenters. The molecule has 0 amide bonds. The van der Waals surface area contributed by atoms with Crippen LogP contribution in [0.15, 0.2) is 24.4 Å². The van der Waals surface area contributed by atoms with Gasteiger partial charge in [0.1, 0.15) is 11.8 Å². The molecule has 0 bridgehead atoms. The highest BCUT2D eigenvalue weighted by atomic mass is 16.4. The zero-order valence-electron chi connectivity index (χ0n) is 9.40. The van der Waals surface area contributed by atoms with Gasteiger partial charge in [-0.3, -0.25) is 4.79 Å². The summed E-state index contributed by atoms with van der Waals surface area (Å²) in [5, 5.41) is 22.2. The zero-order valence-corrected chi connectivity index (χ0v) is 9.40. The molecule has 1 heterocycles. The third-order valence-electron chi connectivity index (χ3n) is 2.84. The first-order valence-corrected chi connectivity index (χ1v) is 5.31. The minimum atomic E-state index is -0.905. The van der Waals surface area contributed by atoms with Gasteiger partial charge in [0.15, 0.2) is 0 Å². The van der Waals surface area contributed by atoms with Gasteiger partial charge in [-0.05, 0) is 24.7 Å². The fourth-order valence-electron chi connectivity index (χ4n) is 1.93. The van der Waals surface area contributed by atoms with Gasteiger partial charge in [0, 0.05) is 23.5 Å². The van der Waals surface area contributed by atoms with Crippen LogP contribution in [0.1, 0.15) is 5.56 Å². The molecule has 2 rings (SSSR count). The minimum absolute atomic E-state index is 0.166. The smallest absolute Gasteiger partial charge is 0.321 e. The van der Waals surface area contributed by atoms with Crippen molar-refractivity contribution in [2.24, 2.45) is 0 Å². The number of likely N-dealkylation sites (N-methyl/N-ethyl adjacent to an activating group) is 1. The monoisotopic (exact) mass is 234 g/mol. The van der Waals surface area contributed by atoms with Crippen LogP contribution in [0.5, 0.6) is 5.75 Å². The van der Waals surface area contributed by atoms with Gasteiger partial charge in [-0.1, -0.05) is 6.07 Å². The first-order valence-electron chi connectivity index (χ1n) is 5.31. The van der Waals surface area contributed by atoms with Gasteiger partial charge in [0.2, 0.25) is 0 Å². The normalized spacial score (nSPS) is 12.8. The van der Waals surface area contributed by atoms with Crippen molar-refractivity contribution in [2.45, 2.75) is 12.5 Å². The molecule has 1 aromatic carbocycles. The Morgan fingerprint density at radius 3 is 2.94 bits per heavy atom. The molecule has 0 aliphatic heterocycles. The second-order valence-corrected chi connectivity index (χ2v) is 3.90. The molecule has 5 heteroatoms. The van der Waals surface area contributed by atoms with Crippen molar-refractivity contribution in [3.63, 3.8) is 0 Å². The van der Waals surface area contributed by atoms with Crippen LogP contribution in [0.4, 0.5) is 0 Å². The van der Waals surface area contributed by atoms with Crippen LogP contribution in [-0.4, -0.2) is 34.3 Å². The average molecular weight is 234 g/mol. The number of aromatic amines is 1. The second-order valence-electron chi connectivity index (χ2n) is 3.90. The topological polar surface area (TPSA) is 85.4 Å². The maximum absolute atomic E-state index is 10.9. The van der Waals surface area contributed by atoms with E-state index in [1.54, 1.807) is 25.4 Å². The summed E-state index contributed by atoms with van der Waals surface area (Å²) >= 11 is 0. The summed E-state index contributed by atoms with van der Waals surface area (Å²) in [5.74, 6) is -0.740. The molecule has 2 aromatic rings. The molecule has 90 valence electrons. The number of hydrogen-bond donors (Lipinski definition) is 4. The number of nitrogens with one attached hydrogen (secondary N) is 2. The maximum atomic E-state index is 10.9. The molecule has 0 aliphatic carbocycles. The predicted octanol–water partition coefficient (Wildman–Crippen LogP) is 1.09. The van der Waals surface area contributed by atoms with Crippen molar-refractivity contribution < 1.29 is 15.0 Å². The Bertz CT molecular complexity index is 548. The van der Waals surface area contributed by atoms with Crippen LogP contribution in [0.25, 0.3) is 10.9 Å². The van der Waals surface area contributed by atoms with E-state index in [0.717, 1.165) is 11.1 Å². The Hall–Kier alpha value is -2.01. The number of hydrogen-bond acceptors (Lipinski definition) is 3. The molecule has 17 heavy (non-hydrogen) atoms. The number of carboxylic acids is 1. The molecule has 1 aromatic heterocycles. The lowest BCUT2D eigenvalue weighted by atomic mass is 10.0. The zero-order chi connectivity index (χ0) is 12.4. The molecule has 0 radical (unpaired) electrons. The Morgan fingerprint density at radius 2 is 2.29 bits per heavy atom. The third-order valence-corrected chi connectivity index (χ3v) is 2.84. The van der Waals surface area contributed by atoms with Crippen molar-refractivity contribution in [1.29, 1.82) is 0 Å². The lowest BCUT2D eigenvalue weighted by molar-refractivity contribution is -0.139. The molecular formula is C12H14N2O3. The Morgan fingerprint density at radius 1 is 1.53 bits per heavy atom. The van der Waals surface area contributed by atoms with Gasteiger partial charge in [0.05, 0.1) is 0 Å². The van der Waals surface area contributed by atoms with E-state index in [1.807, 2.05) is 6.07 Å². The van der Waals surface area contributed by atoms with Crippen LogP contribution in [0, 0.1) is 0 Å². The largest absolute Gasteiger partial charge is 0.507 e. The first-order chi connectivity index (χ1) is 8.13. The van der Waals surface area contributed by atoms with Crippen LogP contribution < -0.4 is 5.32 Å².